The van der Waals surface area contributed by atoms with Crippen molar-refractivity contribution in [1.29, 1.82) is 0 Å². The van der Waals surface area contributed by atoms with E-state index in [0.29, 0.717) is 0 Å². The molecule has 0 aliphatic heterocycles. The largest absolute Gasteiger partial charge is 0.0848 e. The van der Waals surface area contributed by atoms with Gasteiger partial charge in [0.1, 0.15) is 0 Å². The highest BCUT2D eigenvalue weighted by Gasteiger charge is 2.24. The Morgan fingerprint density at radius 2 is 1.55 bits per heavy atom. The first-order valence-corrected chi connectivity index (χ1v) is 9.00. The molecule has 0 spiro atoms. The second kappa shape index (κ2) is 8.25. The van der Waals surface area contributed by atoms with Crippen molar-refractivity contribution in [3.63, 3.8) is 0 Å². The lowest BCUT2D eigenvalue weighted by Crippen LogP contribution is -2.12. The van der Waals surface area contributed by atoms with E-state index in [9.17, 15) is 0 Å². The van der Waals surface area contributed by atoms with Crippen LogP contribution in [0.25, 0.3) is 0 Å². The molecule has 0 heterocycles. The molecule has 5 atom stereocenters. The average Bonchev–Trinajstić information content (AvgIpc) is 3.08. The van der Waals surface area contributed by atoms with Crippen LogP contribution in [-0.4, -0.2) is 0 Å². The Morgan fingerprint density at radius 1 is 0.950 bits per heavy atom. The SMILES string of the molecule is CC(CCC(C)C(C)CC=C1CC1C)CC(C)C(C)C. The van der Waals surface area contributed by atoms with Crippen LogP contribution in [0.15, 0.2) is 11.6 Å². The van der Waals surface area contributed by atoms with Gasteiger partial charge >= 0.3 is 0 Å². The van der Waals surface area contributed by atoms with Gasteiger partial charge in [-0.05, 0) is 54.8 Å². The van der Waals surface area contributed by atoms with Crippen LogP contribution in [0.3, 0.4) is 0 Å². The van der Waals surface area contributed by atoms with Gasteiger partial charge in [0.25, 0.3) is 0 Å². The maximum atomic E-state index is 2.52. The highest BCUT2D eigenvalue weighted by Crippen LogP contribution is 2.38. The van der Waals surface area contributed by atoms with Gasteiger partial charge in [-0.1, -0.05) is 73.0 Å². The molecular weight excluding hydrogens is 240 g/mol. The summed E-state index contributed by atoms with van der Waals surface area (Å²) in [4.78, 5) is 0. The predicted molar refractivity (Wildman–Crippen MR) is 91.8 cm³/mol. The van der Waals surface area contributed by atoms with Crippen molar-refractivity contribution in [3.8, 4) is 0 Å². The lowest BCUT2D eigenvalue weighted by Gasteiger charge is -2.23. The Bertz CT molecular complexity index is 299. The van der Waals surface area contributed by atoms with E-state index in [4.69, 9.17) is 0 Å². The van der Waals surface area contributed by atoms with E-state index >= 15 is 0 Å². The summed E-state index contributed by atoms with van der Waals surface area (Å²) in [6.07, 6.45) is 9.42. The molecule has 0 radical (unpaired) electrons. The van der Waals surface area contributed by atoms with E-state index in [1.165, 1.54) is 32.1 Å². The minimum Gasteiger partial charge on any atom is -0.0848 e. The van der Waals surface area contributed by atoms with Crippen LogP contribution in [0.1, 0.15) is 80.6 Å². The normalized spacial score (nSPS) is 26.6. The second-order valence-electron chi connectivity index (χ2n) is 8.21. The van der Waals surface area contributed by atoms with Gasteiger partial charge in [-0.25, -0.2) is 0 Å². The molecule has 0 amide bonds. The molecule has 1 fully saturated rings. The van der Waals surface area contributed by atoms with Crippen LogP contribution in [0.2, 0.25) is 0 Å². The molecule has 5 unspecified atom stereocenters. The first-order chi connectivity index (χ1) is 9.31. The van der Waals surface area contributed by atoms with Crippen LogP contribution < -0.4 is 0 Å². The van der Waals surface area contributed by atoms with Gasteiger partial charge in [-0.15, -0.1) is 0 Å². The fraction of sp³-hybridized carbons (Fsp3) is 0.900. The van der Waals surface area contributed by atoms with Crippen molar-refractivity contribution in [1.82, 2.24) is 0 Å². The molecule has 0 bridgehead atoms. The summed E-state index contributed by atoms with van der Waals surface area (Å²) in [5.74, 6) is 5.22. The van der Waals surface area contributed by atoms with E-state index in [1.54, 1.807) is 5.57 Å². The van der Waals surface area contributed by atoms with Gasteiger partial charge in [0.2, 0.25) is 0 Å². The summed E-state index contributed by atoms with van der Waals surface area (Å²) in [5.41, 5.74) is 1.71. The fourth-order valence-corrected chi connectivity index (χ4v) is 3.01. The standard InChI is InChI=1S/C20H38/c1-14(2)18(6)12-15(3)8-9-16(4)17(5)10-11-20-13-19(20)7/h11,14-19H,8-10,12-13H2,1-7H3. The topological polar surface area (TPSA) is 0 Å². The highest BCUT2D eigenvalue weighted by atomic mass is 14.3. The molecule has 1 saturated carbocycles. The fourth-order valence-electron chi connectivity index (χ4n) is 3.01. The maximum Gasteiger partial charge on any atom is -0.0194 e. The van der Waals surface area contributed by atoms with Crippen molar-refractivity contribution in [2.45, 2.75) is 80.6 Å². The van der Waals surface area contributed by atoms with Crippen LogP contribution in [0.5, 0.6) is 0 Å². The molecule has 0 heteroatoms. The van der Waals surface area contributed by atoms with Crippen molar-refractivity contribution < 1.29 is 0 Å². The van der Waals surface area contributed by atoms with Crippen molar-refractivity contribution >= 4 is 0 Å². The zero-order chi connectivity index (χ0) is 15.3. The Kier molecular flexibility index (Phi) is 7.34. The van der Waals surface area contributed by atoms with E-state index in [2.05, 4.69) is 54.5 Å². The molecule has 0 nitrogen and oxygen atoms in total. The summed E-state index contributed by atoms with van der Waals surface area (Å²) < 4.78 is 0. The van der Waals surface area contributed by atoms with E-state index in [1.807, 2.05) is 0 Å². The third-order valence-electron chi connectivity index (χ3n) is 5.77. The third kappa shape index (κ3) is 6.46. The molecule has 1 aliphatic carbocycles. The zero-order valence-corrected chi connectivity index (χ0v) is 15.1. The first-order valence-electron chi connectivity index (χ1n) is 9.00. The zero-order valence-electron chi connectivity index (χ0n) is 15.1. The quantitative estimate of drug-likeness (QED) is 0.411. The second-order valence-corrected chi connectivity index (χ2v) is 8.21. The van der Waals surface area contributed by atoms with Crippen molar-refractivity contribution in [3.05, 3.63) is 11.6 Å². The van der Waals surface area contributed by atoms with E-state index in [-0.39, 0.29) is 0 Å². The van der Waals surface area contributed by atoms with Gasteiger partial charge in [-0.2, -0.15) is 0 Å². The third-order valence-corrected chi connectivity index (χ3v) is 5.77. The first kappa shape index (κ1) is 17.8. The Labute approximate surface area is 128 Å². The summed E-state index contributed by atoms with van der Waals surface area (Å²) in [6.45, 7) is 16.8. The van der Waals surface area contributed by atoms with Crippen LogP contribution in [0.4, 0.5) is 0 Å². The monoisotopic (exact) mass is 278 g/mol. The minimum atomic E-state index is 0.834. The molecular formula is C20H38. The molecule has 0 saturated heterocycles. The maximum absolute atomic E-state index is 2.52. The molecule has 0 aromatic rings. The van der Waals surface area contributed by atoms with Gasteiger partial charge in [-0.3, -0.25) is 0 Å². The summed E-state index contributed by atoms with van der Waals surface area (Å²) in [6, 6.07) is 0. The van der Waals surface area contributed by atoms with Gasteiger partial charge in [0.15, 0.2) is 0 Å². The van der Waals surface area contributed by atoms with Gasteiger partial charge < -0.3 is 0 Å². The lowest BCUT2D eigenvalue weighted by atomic mass is 9.82. The summed E-state index contributed by atoms with van der Waals surface area (Å²) in [7, 11) is 0. The van der Waals surface area contributed by atoms with Crippen LogP contribution >= 0.6 is 0 Å². The van der Waals surface area contributed by atoms with Crippen molar-refractivity contribution in [2.24, 2.45) is 35.5 Å². The molecule has 20 heavy (non-hydrogen) atoms. The average molecular weight is 279 g/mol. The molecule has 0 aromatic carbocycles. The Morgan fingerprint density at radius 3 is 2.05 bits per heavy atom. The molecule has 118 valence electrons. The number of allylic oxidation sites excluding steroid dienone is 2. The Balaban J connectivity index is 2.19. The number of rotatable bonds is 9. The molecule has 1 aliphatic rings. The van der Waals surface area contributed by atoms with E-state index in [0.717, 1.165) is 35.5 Å². The Hall–Kier alpha value is -0.260. The van der Waals surface area contributed by atoms with Gasteiger partial charge in [0.05, 0.1) is 0 Å². The summed E-state index contributed by atoms with van der Waals surface area (Å²) >= 11 is 0. The summed E-state index contributed by atoms with van der Waals surface area (Å²) in [5, 5.41) is 0. The minimum absolute atomic E-state index is 0.834. The molecule has 0 aromatic heterocycles. The van der Waals surface area contributed by atoms with Crippen LogP contribution in [-0.2, 0) is 0 Å². The van der Waals surface area contributed by atoms with Crippen LogP contribution in [0, 0.1) is 35.5 Å². The smallest absolute Gasteiger partial charge is 0.0194 e. The van der Waals surface area contributed by atoms with E-state index < -0.39 is 0 Å². The number of hydrogen-bond acceptors (Lipinski definition) is 0. The highest BCUT2D eigenvalue weighted by molar-refractivity contribution is 5.21. The van der Waals surface area contributed by atoms with Gasteiger partial charge in [0, 0.05) is 0 Å². The lowest BCUT2D eigenvalue weighted by molar-refractivity contribution is 0.284. The van der Waals surface area contributed by atoms with Crippen molar-refractivity contribution in [2.75, 3.05) is 0 Å². The molecule has 0 N–H and O–H groups in total. The molecule has 1 rings (SSSR count). The predicted octanol–water partition coefficient (Wildman–Crippen LogP) is 6.71. The number of hydrogen-bond donors (Lipinski definition) is 0.